The van der Waals surface area contributed by atoms with E-state index >= 15 is 0 Å². The molecule has 0 radical (unpaired) electrons. The Morgan fingerprint density at radius 1 is 1.00 bits per heavy atom. The summed E-state index contributed by atoms with van der Waals surface area (Å²) in [5.41, 5.74) is 2.70. The van der Waals surface area contributed by atoms with E-state index in [1.54, 1.807) is 25.1 Å². The van der Waals surface area contributed by atoms with Crippen LogP contribution in [0.5, 0.6) is 0 Å². The maximum Gasteiger partial charge on any atom is 0.280 e. The average molecular weight is 473 g/mol. The second kappa shape index (κ2) is 8.35. The van der Waals surface area contributed by atoms with Gasteiger partial charge < -0.3 is 10.4 Å². The summed E-state index contributed by atoms with van der Waals surface area (Å²) in [7, 11) is -3.97. The maximum absolute atomic E-state index is 13.0. The van der Waals surface area contributed by atoms with Crippen LogP contribution in [0.4, 0.5) is 11.6 Å². The highest BCUT2D eigenvalue weighted by atomic mass is 35.5. The number of aliphatic hydroxyl groups is 1. The molecule has 1 fully saturated rings. The molecule has 0 unspecified atom stereocenters. The van der Waals surface area contributed by atoms with E-state index in [9.17, 15) is 13.5 Å². The van der Waals surface area contributed by atoms with Gasteiger partial charge >= 0.3 is 0 Å². The van der Waals surface area contributed by atoms with Crippen LogP contribution in [-0.4, -0.2) is 35.1 Å². The topological polar surface area (TPSA) is 104 Å². The van der Waals surface area contributed by atoms with E-state index in [1.165, 1.54) is 12.1 Å². The molecule has 3 aromatic rings. The van der Waals surface area contributed by atoms with E-state index in [1.807, 2.05) is 32.0 Å². The number of aryl methyl sites for hydroxylation is 2. The van der Waals surface area contributed by atoms with Gasteiger partial charge in [-0.3, -0.25) is 4.72 Å². The highest BCUT2D eigenvalue weighted by Crippen LogP contribution is 2.34. The molecule has 0 aliphatic heterocycles. The molecule has 3 N–H and O–H groups in total. The smallest absolute Gasteiger partial charge is 0.280 e. The van der Waals surface area contributed by atoms with Gasteiger partial charge in [-0.15, -0.1) is 0 Å². The largest absolute Gasteiger partial charge is 0.390 e. The Labute approximate surface area is 192 Å². The Morgan fingerprint density at radius 2 is 1.66 bits per heavy atom. The van der Waals surface area contributed by atoms with Crippen molar-refractivity contribution in [2.45, 2.75) is 50.3 Å². The monoisotopic (exact) mass is 472 g/mol. The van der Waals surface area contributed by atoms with E-state index in [-0.39, 0.29) is 16.9 Å². The molecule has 1 saturated carbocycles. The number of anilines is 2. The molecule has 1 aromatic carbocycles. The third-order valence-electron chi connectivity index (χ3n) is 5.53. The van der Waals surface area contributed by atoms with Crippen LogP contribution in [0, 0.1) is 13.8 Å². The highest BCUT2D eigenvalue weighted by molar-refractivity contribution is 7.92. The van der Waals surface area contributed by atoms with Crippen LogP contribution in [-0.2, 0) is 10.0 Å². The number of nitrogens with one attached hydrogen (secondary N) is 2. The number of hydrogen-bond donors (Lipinski definition) is 3. The van der Waals surface area contributed by atoms with Crippen LogP contribution in [0.2, 0.25) is 5.02 Å². The number of sulfonamides is 1. The Balaban J connectivity index is 1.59. The highest BCUT2D eigenvalue weighted by Gasteiger charge is 2.38. The van der Waals surface area contributed by atoms with Gasteiger partial charge in [-0.25, -0.2) is 9.97 Å². The lowest BCUT2D eigenvalue weighted by Gasteiger charge is -2.41. The molecule has 7 nitrogen and oxygen atoms in total. The second-order valence-electron chi connectivity index (χ2n) is 8.51. The van der Waals surface area contributed by atoms with Crippen molar-refractivity contribution in [3.05, 3.63) is 64.7 Å². The fraction of sp³-hybridized carbons (Fsp3) is 0.304. The predicted molar refractivity (Wildman–Crippen MR) is 126 cm³/mol. The SMILES string of the molecule is Cc1cccc(C)c1-c1nc(NS(=O)(=O)c2cccc(NC3CC(C)(O)C3)n2)ccc1Cl. The third-order valence-corrected chi connectivity index (χ3v) is 7.09. The molecule has 2 heterocycles. The van der Waals surface area contributed by atoms with Crippen LogP contribution in [0.15, 0.2) is 53.6 Å². The van der Waals surface area contributed by atoms with Gasteiger partial charge in [0.15, 0.2) is 5.03 Å². The zero-order valence-corrected chi connectivity index (χ0v) is 19.6. The molecule has 9 heteroatoms. The molecule has 168 valence electrons. The number of pyridine rings is 2. The molecular formula is C23H25ClN4O3S. The van der Waals surface area contributed by atoms with Crippen molar-refractivity contribution in [1.82, 2.24) is 9.97 Å². The Hall–Kier alpha value is -2.68. The minimum atomic E-state index is -3.97. The number of halogens is 1. The Morgan fingerprint density at radius 3 is 2.31 bits per heavy atom. The summed E-state index contributed by atoms with van der Waals surface area (Å²) in [6, 6.07) is 13.8. The minimum Gasteiger partial charge on any atom is -0.390 e. The van der Waals surface area contributed by atoms with Gasteiger partial charge in [0.2, 0.25) is 0 Å². The summed E-state index contributed by atoms with van der Waals surface area (Å²) in [6.45, 7) is 5.69. The van der Waals surface area contributed by atoms with E-state index in [0.29, 0.717) is 29.4 Å². The number of nitrogens with zero attached hydrogens (tertiary/aromatic N) is 2. The summed E-state index contributed by atoms with van der Waals surface area (Å²) in [5, 5.41) is 13.4. The lowest BCUT2D eigenvalue weighted by atomic mass is 9.77. The fourth-order valence-electron chi connectivity index (χ4n) is 4.01. The summed E-state index contributed by atoms with van der Waals surface area (Å²) >= 11 is 6.39. The average Bonchev–Trinajstić information content (AvgIpc) is 2.69. The van der Waals surface area contributed by atoms with Crippen molar-refractivity contribution in [2.24, 2.45) is 0 Å². The molecule has 1 aliphatic carbocycles. The van der Waals surface area contributed by atoms with E-state index in [4.69, 9.17) is 11.6 Å². The van der Waals surface area contributed by atoms with Crippen molar-refractivity contribution in [3.63, 3.8) is 0 Å². The summed E-state index contributed by atoms with van der Waals surface area (Å²) < 4.78 is 28.5. The minimum absolute atomic E-state index is 0.0567. The molecule has 0 spiro atoms. The zero-order chi connectivity index (χ0) is 23.1. The van der Waals surface area contributed by atoms with Crippen molar-refractivity contribution < 1.29 is 13.5 Å². The summed E-state index contributed by atoms with van der Waals surface area (Å²) in [5.74, 6) is 0.593. The first-order valence-corrected chi connectivity index (χ1v) is 12.1. The van der Waals surface area contributed by atoms with E-state index in [0.717, 1.165) is 16.7 Å². The molecule has 32 heavy (non-hydrogen) atoms. The number of aromatic nitrogens is 2. The number of benzene rings is 1. The molecule has 0 saturated heterocycles. The summed E-state index contributed by atoms with van der Waals surface area (Å²) in [6.07, 6.45) is 1.17. The van der Waals surface area contributed by atoms with Crippen LogP contribution < -0.4 is 10.0 Å². The predicted octanol–water partition coefficient (Wildman–Crippen LogP) is 4.54. The maximum atomic E-state index is 13.0. The van der Waals surface area contributed by atoms with Gasteiger partial charge in [-0.1, -0.05) is 35.9 Å². The van der Waals surface area contributed by atoms with Crippen molar-refractivity contribution in [1.29, 1.82) is 0 Å². The molecule has 2 aromatic heterocycles. The summed E-state index contributed by atoms with van der Waals surface area (Å²) in [4.78, 5) is 8.73. The lowest BCUT2D eigenvalue weighted by molar-refractivity contribution is -0.0235. The van der Waals surface area contributed by atoms with Crippen molar-refractivity contribution in [2.75, 3.05) is 10.0 Å². The standard InChI is InChI=1S/C23H25ClN4O3S/c1-14-6-4-7-15(2)21(14)22-17(24)10-11-19(27-22)28-32(30,31)20-9-5-8-18(26-20)25-16-12-23(3,29)13-16/h4-11,16,29H,12-13H2,1-3H3,(H,25,26)(H,27,28). The van der Waals surface area contributed by atoms with Crippen molar-refractivity contribution in [3.8, 4) is 11.3 Å². The van der Waals surface area contributed by atoms with Crippen LogP contribution in [0.3, 0.4) is 0 Å². The van der Waals surface area contributed by atoms with Gasteiger partial charge in [0.05, 0.1) is 16.3 Å². The van der Waals surface area contributed by atoms with E-state index in [2.05, 4.69) is 20.0 Å². The Kier molecular flexibility index (Phi) is 5.87. The van der Waals surface area contributed by atoms with Crippen LogP contribution in [0.25, 0.3) is 11.3 Å². The van der Waals surface area contributed by atoms with Crippen molar-refractivity contribution >= 4 is 33.3 Å². The first kappa shape index (κ1) is 22.5. The molecule has 4 rings (SSSR count). The Bertz CT molecular complexity index is 1250. The van der Waals surface area contributed by atoms with Gasteiger partial charge in [-0.2, -0.15) is 8.42 Å². The second-order valence-corrected chi connectivity index (χ2v) is 10.5. The molecule has 0 atom stereocenters. The van der Waals surface area contributed by atoms with E-state index < -0.39 is 15.6 Å². The van der Waals surface area contributed by atoms with Gasteiger partial charge in [0.1, 0.15) is 11.6 Å². The van der Waals surface area contributed by atoms with Gasteiger partial charge in [0, 0.05) is 11.6 Å². The number of rotatable bonds is 6. The first-order valence-electron chi connectivity index (χ1n) is 10.3. The molecule has 1 aliphatic rings. The zero-order valence-electron chi connectivity index (χ0n) is 18.1. The molecule has 0 bridgehead atoms. The molecular weight excluding hydrogens is 448 g/mol. The number of hydrogen-bond acceptors (Lipinski definition) is 6. The normalized spacial score (nSPS) is 20.5. The third kappa shape index (κ3) is 4.72. The fourth-order valence-corrected chi connectivity index (χ4v) is 5.18. The molecule has 0 amide bonds. The van der Waals surface area contributed by atoms with Crippen LogP contribution >= 0.6 is 11.6 Å². The van der Waals surface area contributed by atoms with Crippen LogP contribution in [0.1, 0.15) is 30.9 Å². The van der Waals surface area contributed by atoms with Gasteiger partial charge in [0.25, 0.3) is 10.0 Å². The quantitative estimate of drug-likeness (QED) is 0.486. The van der Waals surface area contributed by atoms with Gasteiger partial charge in [-0.05, 0) is 69.0 Å². The lowest BCUT2D eigenvalue weighted by Crippen LogP contribution is -2.48. The first-order chi connectivity index (χ1) is 15.0.